The molecule has 0 aliphatic carbocycles. The Labute approximate surface area is 155 Å². The lowest BCUT2D eigenvalue weighted by atomic mass is 9.91. The Bertz CT molecular complexity index is 667. The fraction of sp³-hybridized carbons (Fsp3) is 0.550. The number of benzene rings is 1. The first-order chi connectivity index (χ1) is 11.9. The van der Waals surface area contributed by atoms with Crippen molar-refractivity contribution in [1.29, 1.82) is 0 Å². The molecule has 138 valence electrons. The molecule has 1 aromatic carbocycles. The maximum Gasteiger partial charge on any atom is 0.125 e. The third-order valence-corrected chi connectivity index (χ3v) is 4.69. The van der Waals surface area contributed by atoms with Crippen molar-refractivity contribution < 1.29 is 9.84 Å². The Morgan fingerprint density at radius 1 is 1.24 bits per heavy atom. The van der Waals surface area contributed by atoms with Gasteiger partial charge in [-0.3, -0.25) is 0 Å². The van der Waals surface area contributed by atoms with Crippen LogP contribution in [0.25, 0.3) is 0 Å². The summed E-state index contributed by atoms with van der Waals surface area (Å²) >= 11 is 6.17. The second-order valence-corrected chi connectivity index (χ2v) is 7.24. The van der Waals surface area contributed by atoms with Crippen LogP contribution >= 0.6 is 11.6 Å². The van der Waals surface area contributed by atoms with Gasteiger partial charge in [0.2, 0.25) is 0 Å². The van der Waals surface area contributed by atoms with Crippen LogP contribution in [0, 0.1) is 0 Å². The van der Waals surface area contributed by atoms with Crippen LogP contribution in [0.1, 0.15) is 57.3 Å². The largest absolute Gasteiger partial charge is 0.493 e. The van der Waals surface area contributed by atoms with E-state index < -0.39 is 5.60 Å². The van der Waals surface area contributed by atoms with Crippen LogP contribution in [0.4, 0.5) is 0 Å². The van der Waals surface area contributed by atoms with Crippen LogP contribution in [0.5, 0.6) is 5.75 Å². The first kappa shape index (κ1) is 19.8. The second kappa shape index (κ2) is 9.25. The van der Waals surface area contributed by atoms with E-state index in [1.165, 1.54) is 25.7 Å². The number of imidazole rings is 1. The minimum atomic E-state index is -1.11. The molecule has 1 atom stereocenters. The first-order valence-electron chi connectivity index (χ1n) is 9.05. The molecule has 5 heteroatoms. The van der Waals surface area contributed by atoms with Crippen molar-refractivity contribution in [3.8, 4) is 5.75 Å². The van der Waals surface area contributed by atoms with Gasteiger partial charge < -0.3 is 14.4 Å². The third kappa shape index (κ3) is 5.75. The van der Waals surface area contributed by atoms with Crippen LogP contribution < -0.4 is 4.74 Å². The average molecular weight is 365 g/mol. The number of aliphatic hydroxyl groups is 1. The van der Waals surface area contributed by atoms with Gasteiger partial charge in [0, 0.05) is 36.4 Å². The molecular weight excluding hydrogens is 336 g/mol. The highest BCUT2D eigenvalue weighted by molar-refractivity contribution is 6.30. The Balaban J connectivity index is 2.07. The van der Waals surface area contributed by atoms with Crippen LogP contribution in [0.3, 0.4) is 0 Å². The van der Waals surface area contributed by atoms with Crippen molar-refractivity contribution >= 4 is 11.6 Å². The summed E-state index contributed by atoms with van der Waals surface area (Å²) < 4.78 is 7.87. The molecule has 0 aliphatic rings. The number of halogens is 1. The van der Waals surface area contributed by atoms with Gasteiger partial charge in [-0.1, -0.05) is 44.2 Å². The number of aromatic nitrogens is 2. The lowest BCUT2D eigenvalue weighted by Gasteiger charge is -2.26. The van der Waals surface area contributed by atoms with Crippen molar-refractivity contribution in [1.82, 2.24) is 9.55 Å². The molecule has 0 fully saturated rings. The number of unbranched alkanes of at least 4 members (excludes halogenated alkanes) is 4. The van der Waals surface area contributed by atoms with Gasteiger partial charge in [-0.15, -0.1) is 0 Å². The van der Waals surface area contributed by atoms with E-state index in [0.717, 1.165) is 12.2 Å². The van der Waals surface area contributed by atoms with Gasteiger partial charge in [-0.2, -0.15) is 0 Å². The van der Waals surface area contributed by atoms with Gasteiger partial charge in [0.15, 0.2) is 0 Å². The number of nitrogens with zero attached hydrogens (tertiary/aromatic N) is 2. The van der Waals surface area contributed by atoms with Crippen molar-refractivity contribution in [2.75, 3.05) is 6.61 Å². The van der Waals surface area contributed by atoms with Gasteiger partial charge in [-0.25, -0.2) is 4.98 Å². The Morgan fingerprint density at radius 2 is 2.00 bits per heavy atom. The SMILES string of the molecule is CCCCCCCOc1ccc(Cl)cc1C(C)(O)Cc1nccn1C. The van der Waals surface area contributed by atoms with E-state index in [2.05, 4.69) is 11.9 Å². The molecule has 2 rings (SSSR count). The maximum atomic E-state index is 11.1. The monoisotopic (exact) mass is 364 g/mol. The minimum Gasteiger partial charge on any atom is -0.493 e. The quantitative estimate of drug-likeness (QED) is 0.611. The van der Waals surface area contributed by atoms with Gasteiger partial charge in [0.05, 0.1) is 12.2 Å². The van der Waals surface area contributed by atoms with E-state index in [-0.39, 0.29) is 0 Å². The maximum absolute atomic E-state index is 11.1. The Morgan fingerprint density at radius 3 is 2.68 bits per heavy atom. The summed E-state index contributed by atoms with van der Waals surface area (Å²) in [7, 11) is 1.92. The van der Waals surface area contributed by atoms with Gasteiger partial charge in [0.25, 0.3) is 0 Å². The first-order valence-corrected chi connectivity index (χ1v) is 9.43. The predicted octanol–water partition coefficient (Wildman–Crippen LogP) is 4.87. The fourth-order valence-electron chi connectivity index (χ4n) is 2.91. The van der Waals surface area contributed by atoms with E-state index in [9.17, 15) is 5.11 Å². The molecule has 0 spiro atoms. The molecule has 1 heterocycles. The van der Waals surface area contributed by atoms with Crippen molar-refractivity contribution in [2.45, 2.75) is 58.0 Å². The zero-order valence-electron chi connectivity index (χ0n) is 15.5. The molecule has 25 heavy (non-hydrogen) atoms. The number of hydrogen-bond donors (Lipinski definition) is 1. The summed E-state index contributed by atoms with van der Waals surface area (Å²) in [5.74, 6) is 1.51. The normalized spacial score (nSPS) is 13.6. The molecular formula is C20H29ClN2O2. The van der Waals surface area contributed by atoms with Crippen LogP contribution in [0.15, 0.2) is 30.6 Å². The van der Waals surface area contributed by atoms with Gasteiger partial charge >= 0.3 is 0 Å². The minimum absolute atomic E-state index is 0.393. The summed E-state index contributed by atoms with van der Waals surface area (Å²) in [6, 6.07) is 5.43. The predicted molar refractivity (Wildman–Crippen MR) is 102 cm³/mol. The molecule has 0 radical (unpaired) electrons. The topological polar surface area (TPSA) is 47.3 Å². The molecule has 0 aliphatic heterocycles. The van der Waals surface area contributed by atoms with E-state index in [0.29, 0.717) is 29.4 Å². The van der Waals surface area contributed by atoms with Crippen molar-refractivity contribution in [3.05, 3.63) is 47.0 Å². The molecule has 0 saturated carbocycles. The highest BCUT2D eigenvalue weighted by Gasteiger charge is 2.29. The third-order valence-electron chi connectivity index (χ3n) is 4.45. The average Bonchev–Trinajstić information content (AvgIpc) is 2.96. The van der Waals surface area contributed by atoms with Crippen LogP contribution in [0.2, 0.25) is 5.02 Å². The summed E-state index contributed by atoms with van der Waals surface area (Å²) in [4.78, 5) is 4.31. The molecule has 1 N–H and O–H groups in total. The number of rotatable bonds is 10. The molecule has 2 aromatic rings. The summed E-state index contributed by atoms with van der Waals surface area (Å²) in [5.41, 5.74) is -0.404. The fourth-order valence-corrected chi connectivity index (χ4v) is 3.08. The molecule has 0 amide bonds. The van der Waals surface area contributed by atoms with Crippen molar-refractivity contribution in [3.63, 3.8) is 0 Å². The molecule has 0 saturated heterocycles. The lowest BCUT2D eigenvalue weighted by molar-refractivity contribution is 0.0513. The standard InChI is InChI=1S/C20H29ClN2O2/c1-4-5-6-7-8-13-25-18-10-9-16(21)14-17(18)20(2,24)15-19-22-11-12-23(19)3/h9-12,14,24H,4-8,13,15H2,1-3H3. The molecule has 4 nitrogen and oxygen atoms in total. The Hall–Kier alpha value is -1.52. The van der Waals surface area contributed by atoms with E-state index in [4.69, 9.17) is 16.3 Å². The second-order valence-electron chi connectivity index (χ2n) is 6.81. The van der Waals surface area contributed by atoms with Crippen LogP contribution in [-0.2, 0) is 19.1 Å². The van der Waals surface area contributed by atoms with E-state index in [1.807, 2.05) is 23.9 Å². The summed E-state index contributed by atoms with van der Waals surface area (Å²) in [6.45, 7) is 4.64. The van der Waals surface area contributed by atoms with Crippen molar-refractivity contribution in [2.24, 2.45) is 7.05 Å². The molecule has 1 aromatic heterocycles. The number of ether oxygens (including phenoxy) is 1. The zero-order valence-corrected chi connectivity index (χ0v) is 16.2. The molecule has 0 bridgehead atoms. The Kier molecular flexibility index (Phi) is 7.33. The highest BCUT2D eigenvalue weighted by Crippen LogP contribution is 2.34. The van der Waals surface area contributed by atoms with Gasteiger partial charge in [-0.05, 0) is 31.5 Å². The lowest BCUT2D eigenvalue weighted by Crippen LogP contribution is -2.27. The number of hydrogen-bond acceptors (Lipinski definition) is 3. The number of aryl methyl sites for hydroxylation is 1. The highest BCUT2D eigenvalue weighted by atomic mass is 35.5. The zero-order chi connectivity index (χ0) is 18.3. The van der Waals surface area contributed by atoms with Crippen LogP contribution in [-0.4, -0.2) is 21.3 Å². The summed E-state index contributed by atoms with van der Waals surface area (Å²) in [5, 5.41) is 11.7. The van der Waals surface area contributed by atoms with E-state index in [1.54, 1.807) is 25.3 Å². The summed E-state index contributed by atoms with van der Waals surface area (Å²) in [6.07, 6.45) is 9.93. The molecule has 1 unspecified atom stereocenters. The van der Waals surface area contributed by atoms with Gasteiger partial charge in [0.1, 0.15) is 11.6 Å². The smallest absolute Gasteiger partial charge is 0.125 e. The van der Waals surface area contributed by atoms with E-state index >= 15 is 0 Å².